The Morgan fingerprint density at radius 2 is 2.26 bits per heavy atom. The van der Waals surface area contributed by atoms with Crippen LogP contribution in [0.15, 0.2) is 35.9 Å². The third-order valence-corrected chi connectivity index (χ3v) is 5.55. The number of hydrogen-bond acceptors (Lipinski definition) is 4. The average molecular weight is 407 g/mol. The van der Waals surface area contributed by atoms with Crippen molar-refractivity contribution in [2.45, 2.75) is 19.9 Å². The Bertz CT molecular complexity index is 791. The van der Waals surface area contributed by atoms with E-state index in [0.717, 1.165) is 16.9 Å². The second-order valence-electron chi connectivity index (χ2n) is 6.99. The van der Waals surface area contributed by atoms with Crippen molar-refractivity contribution >= 4 is 41.3 Å². The fraction of sp³-hybridized carbons (Fsp3) is 0.400. The van der Waals surface area contributed by atoms with Gasteiger partial charge >= 0.3 is 0 Å². The fourth-order valence-corrected chi connectivity index (χ4v) is 4.18. The molecule has 1 saturated heterocycles. The van der Waals surface area contributed by atoms with E-state index in [2.05, 4.69) is 5.32 Å². The molecule has 0 bridgehead atoms. The lowest BCUT2D eigenvalue weighted by Crippen LogP contribution is -2.47. The maximum atomic E-state index is 12.6. The van der Waals surface area contributed by atoms with Gasteiger partial charge in [-0.25, -0.2) is 0 Å². The Morgan fingerprint density at radius 1 is 1.44 bits per heavy atom. The number of hydrogen-bond donors (Lipinski definition) is 1. The number of rotatable bonds is 5. The summed E-state index contributed by atoms with van der Waals surface area (Å²) >= 11 is 7.62. The molecule has 0 radical (unpaired) electrons. The molecule has 2 amide bonds. The molecular weight excluding hydrogens is 384 g/mol. The van der Waals surface area contributed by atoms with Crippen molar-refractivity contribution in [3.05, 3.63) is 46.5 Å². The van der Waals surface area contributed by atoms with E-state index in [0.29, 0.717) is 35.7 Å². The van der Waals surface area contributed by atoms with Gasteiger partial charge in [0.1, 0.15) is 18.4 Å². The Labute approximate surface area is 168 Å². The molecule has 0 aliphatic carbocycles. The molecule has 144 valence electrons. The molecule has 0 aromatic heterocycles. The summed E-state index contributed by atoms with van der Waals surface area (Å²) in [7, 11) is 0. The number of nitrogens with zero attached hydrogens (tertiary/aromatic N) is 1. The highest BCUT2D eigenvalue weighted by Crippen LogP contribution is 2.29. The molecule has 7 heteroatoms. The third kappa shape index (κ3) is 5.08. The zero-order valence-corrected chi connectivity index (χ0v) is 17.0. The molecule has 1 aromatic carbocycles. The summed E-state index contributed by atoms with van der Waals surface area (Å²) in [5, 5.41) is 3.55. The topological polar surface area (TPSA) is 58.6 Å². The van der Waals surface area contributed by atoms with E-state index in [1.54, 1.807) is 28.8 Å². The van der Waals surface area contributed by atoms with Gasteiger partial charge in [-0.1, -0.05) is 31.5 Å². The van der Waals surface area contributed by atoms with Crippen molar-refractivity contribution in [1.82, 2.24) is 10.2 Å². The van der Waals surface area contributed by atoms with Crippen LogP contribution in [0.4, 0.5) is 0 Å². The highest BCUT2D eigenvalue weighted by molar-refractivity contribution is 7.99. The van der Waals surface area contributed by atoms with Crippen molar-refractivity contribution in [1.29, 1.82) is 0 Å². The first-order valence-electron chi connectivity index (χ1n) is 8.91. The van der Waals surface area contributed by atoms with Crippen LogP contribution in [-0.2, 0) is 9.59 Å². The summed E-state index contributed by atoms with van der Waals surface area (Å²) in [6.45, 7) is 5.09. The van der Waals surface area contributed by atoms with Gasteiger partial charge in [0.05, 0.1) is 5.88 Å². The lowest BCUT2D eigenvalue weighted by Gasteiger charge is -2.22. The maximum Gasteiger partial charge on any atom is 0.247 e. The van der Waals surface area contributed by atoms with Gasteiger partial charge in [-0.15, -0.1) is 11.8 Å². The number of ether oxygens (including phenoxy) is 1. The van der Waals surface area contributed by atoms with Gasteiger partial charge in [0.2, 0.25) is 11.8 Å². The molecule has 1 fully saturated rings. The SMILES string of the molecule is CC(C)CNC(=O)C1CSCN1C(=O)/C=C/C1=Cc2cc(Cl)ccc2OC1. The maximum absolute atomic E-state index is 12.6. The highest BCUT2D eigenvalue weighted by atomic mass is 35.5. The largest absolute Gasteiger partial charge is 0.488 e. The molecule has 2 heterocycles. The Kier molecular flexibility index (Phi) is 6.50. The normalized spacial score (nSPS) is 19.0. The van der Waals surface area contributed by atoms with E-state index in [1.807, 2.05) is 32.1 Å². The number of thioether (sulfide) groups is 1. The average Bonchev–Trinajstić information content (AvgIpc) is 3.13. The fourth-order valence-electron chi connectivity index (χ4n) is 2.84. The third-order valence-electron chi connectivity index (χ3n) is 4.30. The minimum absolute atomic E-state index is 0.0840. The predicted octanol–water partition coefficient (Wildman–Crippen LogP) is 3.35. The van der Waals surface area contributed by atoms with Crippen molar-refractivity contribution in [2.75, 3.05) is 24.8 Å². The summed E-state index contributed by atoms with van der Waals surface area (Å²) in [6, 6.07) is 5.04. The van der Waals surface area contributed by atoms with Gasteiger partial charge in [-0.05, 0) is 35.8 Å². The smallest absolute Gasteiger partial charge is 0.247 e. The summed E-state index contributed by atoms with van der Waals surface area (Å²) in [4.78, 5) is 26.6. The second-order valence-corrected chi connectivity index (χ2v) is 8.42. The molecule has 1 atom stereocenters. The lowest BCUT2D eigenvalue weighted by atomic mass is 10.1. The zero-order chi connectivity index (χ0) is 19.4. The molecule has 1 aromatic rings. The van der Waals surface area contributed by atoms with Gasteiger partial charge in [0, 0.05) is 29.0 Å². The molecule has 3 rings (SSSR count). The van der Waals surface area contributed by atoms with Crippen LogP contribution in [-0.4, -0.2) is 47.5 Å². The van der Waals surface area contributed by atoms with Crippen molar-refractivity contribution in [3.63, 3.8) is 0 Å². The minimum Gasteiger partial charge on any atom is -0.488 e. The van der Waals surface area contributed by atoms with E-state index in [9.17, 15) is 9.59 Å². The van der Waals surface area contributed by atoms with Crippen LogP contribution < -0.4 is 10.1 Å². The van der Waals surface area contributed by atoms with Crippen LogP contribution in [0.25, 0.3) is 6.08 Å². The molecule has 2 aliphatic rings. The number of amides is 2. The number of carbonyl (C=O) groups is 2. The quantitative estimate of drug-likeness (QED) is 0.762. The van der Waals surface area contributed by atoms with Crippen LogP contribution in [0.2, 0.25) is 5.02 Å². The summed E-state index contributed by atoms with van der Waals surface area (Å²) < 4.78 is 5.69. The molecular formula is C20H23ClN2O3S. The van der Waals surface area contributed by atoms with E-state index in [4.69, 9.17) is 16.3 Å². The first-order valence-corrected chi connectivity index (χ1v) is 10.4. The van der Waals surface area contributed by atoms with Crippen molar-refractivity contribution < 1.29 is 14.3 Å². The van der Waals surface area contributed by atoms with Crippen molar-refractivity contribution in [2.24, 2.45) is 5.92 Å². The van der Waals surface area contributed by atoms with Gasteiger partial charge < -0.3 is 15.0 Å². The van der Waals surface area contributed by atoms with Crippen LogP contribution in [0.1, 0.15) is 19.4 Å². The number of nitrogens with one attached hydrogen (secondary N) is 1. The zero-order valence-electron chi connectivity index (χ0n) is 15.4. The molecule has 0 spiro atoms. The lowest BCUT2D eigenvalue weighted by molar-refractivity contribution is -0.134. The first-order chi connectivity index (χ1) is 12.9. The predicted molar refractivity (Wildman–Crippen MR) is 110 cm³/mol. The number of carbonyl (C=O) groups excluding carboxylic acids is 2. The van der Waals surface area contributed by atoms with E-state index >= 15 is 0 Å². The van der Waals surface area contributed by atoms with Crippen LogP contribution in [0, 0.1) is 5.92 Å². The van der Waals surface area contributed by atoms with E-state index in [-0.39, 0.29) is 11.8 Å². The summed E-state index contributed by atoms with van der Waals surface area (Å²) in [5.74, 6) is 2.06. The molecule has 1 N–H and O–H groups in total. The van der Waals surface area contributed by atoms with E-state index in [1.165, 1.54) is 6.08 Å². The first kappa shape index (κ1) is 19.8. The van der Waals surface area contributed by atoms with Crippen LogP contribution in [0.3, 0.4) is 0 Å². The Morgan fingerprint density at radius 3 is 3.04 bits per heavy atom. The van der Waals surface area contributed by atoms with Gasteiger partial charge in [-0.3, -0.25) is 9.59 Å². The number of fused-ring (bicyclic) bond motifs is 1. The van der Waals surface area contributed by atoms with E-state index < -0.39 is 6.04 Å². The number of benzene rings is 1. The van der Waals surface area contributed by atoms with Gasteiger partial charge in [-0.2, -0.15) is 0 Å². The number of halogens is 1. The monoisotopic (exact) mass is 406 g/mol. The molecule has 27 heavy (non-hydrogen) atoms. The molecule has 5 nitrogen and oxygen atoms in total. The minimum atomic E-state index is -0.415. The standard InChI is InChI=1S/C20H23ClN2O3S/c1-13(2)9-22-20(25)17-11-27-12-23(17)19(24)6-3-14-7-15-8-16(21)4-5-18(15)26-10-14/h3-8,13,17H,9-12H2,1-2H3,(H,22,25)/b6-3+. The second kappa shape index (κ2) is 8.85. The van der Waals surface area contributed by atoms with Crippen LogP contribution in [0.5, 0.6) is 5.75 Å². The van der Waals surface area contributed by atoms with Crippen LogP contribution >= 0.6 is 23.4 Å². The summed E-state index contributed by atoms with van der Waals surface area (Å²) in [5.41, 5.74) is 1.77. The summed E-state index contributed by atoms with van der Waals surface area (Å²) in [6.07, 6.45) is 5.22. The molecule has 1 unspecified atom stereocenters. The van der Waals surface area contributed by atoms with Crippen molar-refractivity contribution in [3.8, 4) is 5.75 Å². The molecule has 0 saturated carbocycles. The van der Waals surface area contributed by atoms with Gasteiger partial charge in [0.25, 0.3) is 0 Å². The highest BCUT2D eigenvalue weighted by Gasteiger charge is 2.33. The molecule has 2 aliphatic heterocycles. The Hall–Kier alpha value is -1.92. The Balaban J connectivity index is 1.65. The van der Waals surface area contributed by atoms with Gasteiger partial charge in [0.15, 0.2) is 0 Å².